The van der Waals surface area contributed by atoms with E-state index in [2.05, 4.69) is 15.0 Å². The minimum Gasteiger partial charge on any atom is -0.604 e. The summed E-state index contributed by atoms with van der Waals surface area (Å²) in [7, 11) is 1.60. The fourth-order valence-electron chi connectivity index (χ4n) is 2.66. The molecule has 4 aromatic rings. The number of fused-ring (bicyclic) bond motifs is 1. The van der Waals surface area contributed by atoms with Crippen LogP contribution in [0.3, 0.4) is 0 Å². The lowest BCUT2D eigenvalue weighted by atomic mass is 10.1. The molecule has 0 saturated heterocycles. The summed E-state index contributed by atoms with van der Waals surface area (Å²) in [6.45, 7) is 0. The lowest BCUT2D eigenvalue weighted by molar-refractivity contribution is 0.415. The molecule has 7 heteroatoms. The SMILES string of the molecule is COc1ccc2[nH]c([S+]([O-])c3cc(Cl)ccc3-c3ccccn3)nc2c1. The third-order valence-corrected chi connectivity index (χ3v) is 5.45. The van der Waals surface area contributed by atoms with Crippen LogP contribution in [0.2, 0.25) is 5.02 Å². The first-order chi connectivity index (χ1) is 12.7. The van der Waals surface area contributed by atoms with Gasteiger partial charge in [-0.2, -0.15) is 4.98 Å². The minimum absolute atomic E-state index is 0.354. The molecule has 5 nitrogen and oxygen atoms in total. The van der Waals surface area contributed by atoms with E-state index in [0.29, 0.717) is 26.3 Å². The number of benzene rings is 2. The van der Waals surface area contributed by atoms with Gasteiger partial charge in [0.1, 0.15) is 5.75 Å². The van der Waals surface area contributed by atoms with Crippen LogP contribution in [0, 0.1) is 0 Å². The molecule has 1 unspecified atom stereocenters. The van der Waals surface area contributed by atoms with Crippen LogP contribution in [0.1, 0.15) is 0 Å². The molecule has 1 atom stereocenters. The van der Waals surface area contributed by atoms with Crippen LogP contribution >= 0.6 is 11.6 Å². The Bertz CT molecular complexity index is 1070. The first-order valence-corrected chi connectivity index (χ1v) is 9.35. The maximum Gasteiger partial charge on any atom is 0.327 e. The molecule has 0 fully saturated rings. The Balaban J connectivity index is 1.81. The van der Waals surface area contributed by atoms with E-state index >= 15 is 0 Å². The topological polar surface area (TPSA) is 73.9 Å². The molecular formula is C19H14ClN3O2S. The van der Waals surface area contributed by atoms with Gasteiger partial charge in [-0.25, -0.2) is 0 Å². The van der Waals surface area contributed by atoms with Crippen LogP contribution in [0.5, 0.6) is 5.75 Å². The van der Waals surface area contributed by atoms with E-state index in [1.54, 1.807) is 31.5 Å². The number of halogens is 1. The second-order valence-electron chi connectivity index (χ2n) is 5.55. The predicted molar refractivity (Wildman–Crippen MR) is 102 cm³/mol. The highest BCUT2D eigenvalue weighted by Gasteiger charge is 2.25. The number of aromatic amines is 1. The summed E-state index contributed by atoms with van der Waals surface area (Å²) >= 11 is 4.61. The molecule has 0 aliphatic carbocycles. The molecule has 0 amide bonds. The normalized spacial score (nSPS) is 12.3. The lowest BCUT2D eigenvalue weighted by Crippen LogP contribution is -2.06. The Morgan fingerprint density at radius 1 is 1.12 bits per heavy atom. The van der Waals surface area contributed by atoms with Gasteiger partial charge in [-0.1, -0.05) is 17.7 Å². The number of ether oxygens (including phenoxy) is 1. The fourth-order valence-corrected chi connectivity index (χ4v) is 4.10. The van der Waals surface area contributed by atoms with Crippen molar-refractivity contribution >= 4 is 33.8 Å². The highest BCUT2D eigenvalue weighted by atomic mass is 35.5. The second kappa shape index (κ2) is 6.99. The summed E-state index contributed by atoms with van der Waals surface area (Å²) < 4.78 is 18.4. The molecule has 0 bridgehead atoms. The zero-order valence-corrected chi connectivity index (χ0v) is 15.3. The summed E-state index contributed by atoms with van der Waals surface area (Å²) in [5, 5.41) is 0.860. The van der Waals surface area contributed by atoms with Gasteiger partial charge >= 0.3 is 5.16 Å². The number of nitrogens with zero attached hydrogens (tertiary/aromatic N) is 2. The standard InChI is InChI=1S/C19H14ClN3O2S/c1-25-13-6-8-16-17(11-13)23-19(22-16)26(24)18-10-12(20)5-7-14(18)15-4-2-3-9-21-15/h2-11H,1H3,(H,22,23). The number of methoxy groups -OCH3 is 1. The smallest absolute Gasteiger partial charge is 0.327 e. The summed E-state index contributed by atoms with van der Waals surface area (Å²) in [6, 6.07) is 16.3. The van der Waals surface area contributed by atoms with Crippen molar-refractivity contribution in [2.24, 2.45) is 0 Å². The molecule has 0 spiro atoms. The van der Waals surface area contributed by atoms with Gasteiger partial charge in [0.05, 0.1) is 40.6 Å². The van der Waals surface area contributed by atoms with E-state index in [4.69, 9.17) is 16.3 Å². The Morgan fingerprint density at radius 3 is 2.77 bits per heavy atom. The molecule has 0 aliphatic heterocycles. The van der Waals surface area contributed by atoms with Gasteiger partial charge in [-0.15, -0.1) is 0 Å². The van der Waals surface area contributed by atoms with Crippen molar-refractivity contribution in [1.82, 2.24) is 15.0 Å². The van der Waals surface area contributed by atoms with Crippen molar-refractivity contribution in [3.05, 3.63) is 65.8 Å². The second-order valence-corrected chi connectivity index (χ2v) is 7.35. The first kappa shape index (κ1) is 16.9. The average molecular weight is 384 g/mol. The van der Waals surface area contributed by atoms with Crippen LogP contribution in [0.4, 0.5) is 0 Å². The Labute approximate surface area is 158 Å². The Hall–Kier alpha value is -2.54. The number of H-pyrrole nitrogens is 1. The minimum atomic E-state index is -1.54. The van der Waals surface area contributed by atoms with E-state index in [0.717, 1.165) is 16.8 Å². The van der Waals surface area contributed by atoms with Crippen molar-refractivity contribution in [2.45, 2.75) is 10.1 Å². The summed E-state index contributed by atoms with van der Waals surface area (Å²) in [6.07, 6.45) is 1.70. The van der Waals surface area contributed by atoms with E-state index in [1.165, 1.54) is 0 Å². The Morgan fingerprint density at radius 2 is 2.00 bits per heavy atom. The van der Waals surface area contributed by atoms with Crippen molar-refractivity contribution in [3.8, 4) is 17.0 Å². The van der Waals surface area contributed by atoms with Crippen LogP contribution in [0.25, 0.3) is 22.3 Å². The van der Waals surface area contributed by atoms with Gasteiger partial charge < -0.3 is 9.29 Å². The van der Waals surface area contributed by atoms with Gasteiger partial charge in [-0.3, -0.25) is 9.97 Å². The van der Waals surface area contributed by atoms with Crippen LogP contribution in [-0.2, 0) is 11.2 Å². The molecule has 2 aromatic carbocycles. The monoisotopic (exact) mass is 383 g/mol. The van der Waals surface area contributed by atoms with Gasteiger partial charge in [0.15, 0.2) is 4.90 Å². The molecule has 26 heavy (non-hydrogen) atoms. The van der Waals surface area contributed by atoms with E-state index in [-0.39, 0.29) is 0 Å². The van der Waals surface area contributed by atoms with E-state index in [1.807, 2.05) is 36.4 Å². The van der Waals surface area contributed by atoms with Gasteiger partial charge in [0.25, 0.3) is 0 Å². The molecule has 2 aromatic heterocycles. The molecule has 130 valence electrons. The quantitative estimate of drug-likeness (QED) is 0.528. The predicted octanol–water partition coefficient (Wildman–Crippen LogP) is 4.45. The molecule has 0 radical (unpaired) electrons. The summed E-state index contributed by atoms with van der Waals surface area (Å²) in [4.78, 5) is 12.5. The fraction of sp³-hybridized carbons (Fsp3) is 0.0526. The highest BCUT2D eigenvalue weighted by molar-refractivity contribution is 7.91. The summed E-state index contributed by atoms with van der Waals surface area (Å²) in [5.41, 5.74) is 2.96. The zero-order valence-electron chi connectivity index (χ0n) is 13.8. The van der Waals surface area contributed by atoms with Crippen molar-refractivity contribution in [2.75, 3.05) is 7.11 Å². The van der Waals surface area contributed by atoms with Crippen molar-refractivity contribution in [1.29, 1.82) is 0 Å². The van der Waals surface area contributed by atoms with Crippen molar-refractivity contribution in [3.63, 3.8) is 0 Å². The Kier molecular flexibility index (Phi) is 4.55. The van der Waals surface area contributed by atoms with E-state index < -0.39 is 11.2 Å². The van der Waals surface area contributed by atoms with Crippen LogP contribution in [-0.4, -0.2) is 26.6 Å². The first-order valence-electron chi connectivity index (χ1n) is 7.82. The van der Waals surface area contributed by atoms with E-state index in [9.17, 15) is 4.55 Å². The third-order valence-electron chi connectivity index (χ3n) is 3.93. The number of hydrogen-bond donors (Lipinski definition) is 1. The molecular weight excluding hydrogens is 370 g/mol. The molecule has 2 heterocycles. The van der Waals surface area contributed by atoms with Gasteiger partial charge in [0, 0.05) is 23.4 Å². The number of aromatic nitrogens is 3. The largest absolute Gasteiger partial charge is 0.604 e. The zero-order chi connectivity index (χ0) is 18.1. The molecule has 0 saturated carbocycles. The third kappa shape index (κ3) is 3.14. The molecule has 1 N–H and O–H groups in total. The maximum atomic E-state index is 13.2. The maximum absolute atomic E-state index is 13.2. The van der Waals surface area contributed by atoms with Gasteiger partial charge in [0.2, 0.25) is 0 Å². The molecule has 0 aliphatic rings. The molecule has 4 rings (SSSR count). The number of hydrogen-bond acceptors (Lipinski definition) is 4. The average Bonchev–Trinajstić information content (AvgIpc) is 3.11. The number of imidazole rings is 1. The highest BCUT2D eigenvalue weighted by Crippen LogP contribution is 2.32. The number of nitrogens with one attached hydrogen (secondary N) is 1. The van der Waals surface area contributed by atoms with Crippen LogP contribution < -0.4 is 4.74 Å². The number of pyridine rings is 1. The van der Waals surface area contributed by atoms with Crippen LogP contribution in [0.15, 0.2) is 70.8 Å². The lowest BCUT2D eigenvalue weighted by Gasteiger charge is -2.11. The van der Waals surface area contributed by atoms with Gasteiger partial charge in [-0.05, 0) is 36.4 Å². The summed E-state index contributed by atoms with van der Waals surface area (Å²) in [5.74, 6) is 0.693. The van der Waals surface area contributed by atoms with Crippen molar-refractivity contribution < 1.29 is 9.29 Å². The number of rotatable bonds is 4.